The van der Waals surface area contributed by atoms with Crippen LogP contribution in [-0.2, 0) is 0 Å². The third-order valence-corrected chi connectivity index (χ3v) is 16.6. The summed E-state index contributed by atoms with van der Waals surface area (Å²) in [4.78, 5) is 4.89. The van der Waals surface area contributed by atoms with Gasteiger partial charge in [-0.1, -0.05) is 115 Å². The van der Waals surface area contributed by atoms with E-state index >= 15 is 0 Å². The van der Waals surface area contributed by atoms with E-state index in [4.69, 9.17) is 0 Å². The fourth-order valence-corrected chi connectivity index (χ4v) is 12.0. The minimum absolute atomic E-state index is 1.11. The number of hydrogen-bond donors (Lipinski definition) is 0. The molecule has 0 N–H and O–H groups in total. The van der Waals surface area contributed by atoms with E-state index in [-0.39, 0.29) is 0 Å². The number of nitrogens with zero attached hydrogens (tertiary/aromatic N) is 2. The molecule has 0 aliphatic rings. The Morgan fingerprint density at radius 3 is 0.972 bits per heavy atom. The molecule has 2 nitrogen and oxygen atoms in total. The van der Waals surface area contributed by atoms with E-state index in [0.29, 0.717) is 0 Å². The molecule has 344 valence electrons. The number of aryl methyl sites for hydroxylation is 8. The van der Waals surface area contributed by atoms with Crippen molar-refractivity contribution in [1.29, 1.82) is 0 Å². The van der Waals surface area contributed by atoms with Crippen molar-refractivity contribution in [2.75, 3.05) is 9.80 Å². The van der Waals surface area contributed by atoms with Crippen molar-refractivity contribution in [3.63, 3.8) is 0 Å². The van der Waals surface area contributed by atoms with Gasteiger partial charge < -0.3 is 9.80 Å². The topological polar surface area (TPSA) is 6.48 Å². The molecule has 0 aliphatic heterocycles. The molecule has 3 heteroatoms. The molecule has 0 radical (unpaired) electrons. The van der Waals surface area contributed by atoms with Crippen molar-refractivity contribution in [3.8, 4) is 0 Å². The van der Waals surface area contributed by atoms with Crippen molar-refractivity contribution in [2.45, 2.75) is 55.4 Å². The van der Waals surface area contributed by atoms with Crippen molar-refractivity contribution >= 4 is 119 Å². The van der Waals surface area contributed by atoms with Crippen LogP contribution in [-0.4, -0.2) is 0 Å². The Hall–Kier alpha value is -7.98. The monoisotopic (exact) mass is 932 g/mol. The zero-order valence-electron chi connectivity index (χ0n) is 41.8. The standard InChI is InChI=1S/C68H56N2S/c1-41-21-25-49(35-45(41)5)69(50-26-22-42(2)46(6)36-50)53-29-31-58-55-15-9-10-16-56(55)59-32-30-54(70(51-27-23-43(3)47(7)37-51)52-28-24-44(4)48(8)38-52)40-65(59)62-33-34-63-60-18-13-14-20-66(60)71-68(63)67(62)61-19-12-11-17-57(61)64(58)39-53/h9-40H,1-8H3. The van der Waals surface area contributed by atoms with Gasteiger partial charge >= 0.3 is 0 Å². The van der Waals surface area contributed by atoms with Crippen LogP contribution >= 0.6 is 11.3 Å². The van der Waals surface area contributed by atoms with Gasteiger partial charge in [0.05, 0.1) is 0 Å². The Kier molecular flexibility index (Phi) is 10.9. The van der Waals surface area contributed by atoms with E-state index in [0.717, 1.165) is 34.1 Å². The molecular formula is C68H56N2S. The maximum Gasteiger partial charge on any atom is 0.0468 e. The third kappa shape index (κ3) is 7.55. The zero-order chi connectivity index (χ0) is 48.7. The van der Waals surface area contributed by atoms with Gasteiger partial charge in [-0.05, 0) is 227 Å². The molecule has 0 spiro atoms. The largest absolute Gasteiger partial charge is 0.310 e. The summed E-state index contributed by atoms with van der Waals surface area (Å²) < 4.78 is 2.59. The summed E-state index contributed by atoms with van der Waals surface area (Å²) in [6, 6.07) is 73.8. The summed E-state index contributed by atoms with van der Waals surface area (Å²) in [6.07, 6.45) is 0. The molecule has 1 aromatic heterocycles. The van der Waals surface area contributed by atoms with Crippen LogP contribution in [0.1, 0.15) is 44.5 Å². The summed E-state index contributed by atoms with van der Waals surface area (Å²) >= 11 is 1.91. The van der Waals surface area contributed by atoms with Crippen LogP contribution in [0.15, 0.2) is 194 Å². The minimum Gasteiger partial charge on any atom is -0.310 e. The molecule has 0 aliphatic carbocycles. The van der Waals surface area contributed by atoms with Gasteiger partial charge in [0.1, 0.15) is 0 Å². The van der Waals surface area contributed by atoms with E-state index in [9.17, 15) is 0 Å². The smallest absolute Gasteiger partial charge is 0.0468 e. The molecule has 71 heavy (non-hydrogen) atoms. The van der Waals surface area contributed by atoms with Crippen molar-refractivity contribution in [1.82, 2.24) is 0 Å². The molecular weight excluding hydrogens is 877 g/mol. The predicted molar refractivity (Wildman–Crippen MR) is 312 cm³/mol. The maximum atomic E-state index is 2.47. The van der Waals surface area contributed by atoms with Gasteiger partial charge in [0, 0.05) is 59.7 Å². The molecule has 12 rings (SSSR count). The van der Waals surface area contributed by atoms with E-state index in [2.05, 4.69) is 259 Å². The van der Waals surface area contributed by atoms with Gasteiger partial charge in [-0.15, -0.1) is 11.3 Å². The first-order valence-corrected chi connectivity index (χ1v) is 25.6. The lowest BCUT2D eigenvalue weighted by atomic mass is 9.93. The number of benzene rings is 10. The second-order valence-electron chi connectivity index (χ2n) is 19.8. The summed E-state index contributed by atoms with van der Waals surface area (Å²) in [6.45, 7) is 17.7. The number of fused-ring (bicyclic) bond motifs is 14. The first kappa shape index (κ1) is 44.2. The number of anilines is 6. The first-order chi connectivity index (χ1) is 34.5. The summed E-state index contributed by atoms with van der Waals surface area (Å²) in [5.41, 5.74) is 17.0. The second-order valence-corrected chi connectivity index (χ2v) is 20.8. The average molecular weight is 933 g/mol. The fourth-order valence-electron chi connectivity index (χ4n) is 10.8. The maximum absolute atomic E-state index is 2.47. The second kappa shape index (κ2) is 17.5. The Labute approximate surface area is 421 Å². The first-order valence-electron chi connectivity index (χ1n) is 24.8. The van der Waals surface area contributed by atoms with Crippen LogP contribution in [0, 0.1) is 55.4 Å². The van der Waals surface area contributed by atoms with E-state index in [1.165, 1.54) is 119 Å². The van der Waals surface area contributed by atoms with Crippen LogP contribution in [0.25, 0.3) is 74.0 Å². The lowest BCUT2D eigenvalue weighted by Gasteiger charge is -2.27. The van der Waals surface area contributed by atoms with Crippen molar-refractivity contribution in [2.24, 2.45) is 0 Å². The van der Waals surface area contributed by atoms with Crippen LogP contribution in [0.4, 0.5) is 34.1 Å². The summed E-state index contributed by atoms with van der Waals surface area (Å²) in [5, 5.41) is 14.7. The molecule has 0 fully saturated rings. The molecule has 0 saturated heterocycles. The number of thiophene rings is 1. The van der Waals surface area contributed by atoms with Gasteiger partial charge in [-0.25, -0.2) is 0 Å². The number of rotatable bonds is 6. The van der Waals surface area contributed by atoms with Gasteiger partial charge in [0.15, 0.2) is 0 Å². The molecule has 0 bridgehead atoms. The van der Waals surface area contributed by atoms with Crippen molar-refractivity contribution < 1.29 is 0 Å². The highest BCUT2D eigenvalue weighted by Crippen LogP contribution is 2.47. The SMILES string of the molecule is Cc1ccc(N(c2ccc(C)c(C)c2)c2ccc3c4ccccc4c4ccc(N(c5ccc(C)c(C)c5)c5ccc(C)c(C)c5)cc4c4ccc5c6ccccc6sc5c4c4ccccc4c3c2)cc1C. The Balaban J connectivity index is 1.27. The van der Waals surface area contributed by atoms with E-state index < -0.39 is 0 Å². The summed E-state index contributed by atoms with van der Waals surface area (Å²) in [7, 11) is 0. The van der Waals surface area contributed by atoms with Crippen LogP contribution in [0.3, 0.4) is 0 Å². The highest BCUT2D eigenvalue weighted by Gasteiger charge is 2.20. The molecule has 12 aromatic rings. The molecule has 0 atom stereocenters. The highest BCUT2D eigenvalue weighted by molar-refractivity contribution is 7.26. The molecule has 11 aromatic carbocycles. The normalized spacial score (nSPS) is 11.7. The number of hydrogen-bond acceptors (Lipinski definition) is 3. The minimum atomic E-state index is 1.11. The molecule has 1 heterocycles. The van der Waals surface area contributed by atoms with Gasteiger partial charge in [0.25, 0.3) is 0 Å². The predicted octanol–water partition coefficient (Wildman–Crippen LogP) is 20.4. The quantitative estimate of drug-likeness (QED) is 0.164. The van der Waals surface area contributed by atoms with Crippen molar-refractivity contribution in [3.05, 3.63) is 239 Å². The Morgan fingerprint density at radius 1 is 0.239 bits per heavy atom. The molecule has 0 amide bonds. The molecule has 0 saturated carbocycles. The lowest BCUT2D eigenvalue weighted by molar-refractivity contribution is 1.23. The lowest BCUT2D eigenvalue weighted by Crippen LogP contribution is -2.11. The van der Waals surface area contributed by atoms with Gasteiger partial charge in [-0.2, -0.15) is 0 Å². The van der Waals surface area contributed by atoms with E-state index in [1.54, 1.807) is 0 Å². The van der Waals surface area contributed by atoms with Crippen LogP contribution in [0.2, 0.25) is 0 Å². The molecule has 0 unspecified atom stereocenters. The average Bonchev–Trinajstić information content (AvgIpc) is 3.77. The highest BCUT2D eigenvalue weighted by atomic mass is 32.1. The van der Waals surface area contributed by atoms with Gasteiger partial charge in [-0.3, -0.25) is 0 Å². The third-order valence-electron chi connectivity index (χ3n) is 15.3. The van der Waals surface area contributed by atoms with E-state index in [1.807, 2.05) is 11.3 Å². The van der Waals surface area contributed by atoms with Gasteiger partial charge in [0.2, 0.25) is 0 Å². The summed E-state index contributed by atoms with van der Waals surface area (Å²) in [5.74, 6) is 0. The Morgan fingerprint density at radius 2 is 0.535 bits per heavy atom. The van der Waals surface area contributed by atoms with Crippen LogP contribution < -0.4 is 9.80 Å². The zero-order valence-corrected chi connectivity index (χ0v) is 42.6. The fraction of sp³-hybridized carbons (Fsp3) is 0.118. The Bertz CT molecular complexity index is 4130. The van der Waals surface area contributed by atoms with Crippen LogP contribution in [0.5, 0.6) is 0 Å².